The lowest BCUT2D eigenvalue weighted by Gasteiger charge is -2.34. The maximum atomic E-state index is 5.35. The molecule has 1 saturated heterocycles. The number of anilines is 1. The van der Waals surface area contributed by atoms with Crippen molar-refractivity contribution in [3.8, 4) is 5.88 Å². The van der Waals surface area contributed by atoms with Crippen molar-refractivity contribution in [2.75, 3.05) is 30.9 Å². The van der Waals surface area contributed by atoms with E-state index in [0.717, 1.165) is 35.2 Å². The third-order valence-electron chi connectivity index (χ3n) is 4.84. The lowest BCUT2D eigenvalue weighted by molar-refractivity contribution is 0.402. The van der Waals surface area contributed by atoms with Gasteiger partial charge in [-0.3, -0.25) is 4.98 Å². The van der Waals surface area contributed by atoms with Gasteiger partial charge in [0.25, 0.3) is 0 Å². The summed E-state index contributed by atoms with van der Waals surface area (Å²) in [5.74, 6) is 2.86. The minimum absolute atomic E-state index is 0.611. The molecule has 4 nitrogen and oxygen atoms in total. The van der Waals surface area contributed by atoms with Crippen LogP contribution in [0.5, 0.6) is 5.88 Å². The van der Waals surface area contributed by atoms with E-state index in [1.807, 2.05) is 12.4 Å². The summed E-state index contributed by atoms with van der Waals surface area (Å²) in [4.78, 5) is 11.2. The van der Waals surface area contributed by atoms with Gasteiger partial charge < -0.3 is 9.64 Å². The third-order valence-corrected chi connectivity index (χ3v) is 6.45. The summed E-state index contributed by atoms with van der Waals surface area (Å²) in [6.07, 6.45) is 9.17. The van der Waals surface area contributed by atoms with Crippen LogP contribution in [-0.2, 0) is 0 Å². The number of aromatic nitrogens is 2. The number of nitrogens with zero attached hydrogens (tertiary/aromatic N) is 3. The maximum absolute atomic E-state index is 5.35. The van der Waals surface area contributed by atoms with E-state index in [-0.39, 0.29) is 0 Å². The van der Waals surface area contributed by atoms with Gasteiger partial charge in [0, 0.05) is 41.8 Å². The number of fused-ring (bicyclic) bond motifs is 1. The van der Waals surface area contributed by atoms with E-state index in [1.54, 1.807) is 7.11 Å². The molecule has 0 atom stereocenters. The molecule has 2 fully saturated rings. The molecule has 0 N–H and O–H groups in total. The van der Waals surface area contributed by atoms with Crippen LogP contribution >= 0.6 is 11.8 Å². The van der Waals surface area contributed by atoms with Crippen LogP contribution in [0.4, 0.5) is 5.69 Å². The lowest BCUT2D eigenvalue weighted by atomic mass is 9.98. The minimum atomic E-state index is 0.611. The average Bonchev–Trinajstić information content (AvgIpc) is 3.44. The summed E-state index contributed by atoms with van der Waals surface area (Å²) < 4.78 is 5.35. The molecule has 23 heavy (non-hydrogen) atoms. The molecule has 3 heterocycles. The van der Waals surface area contributed by atoms with Gasteiger partial charge >= 0.3 is 0 Å². The summed E-state index contributed by atoms with van der Waals surface area (Å²) in [7, 11) is 1.65. The maximum Gasteiger partial charge on any atom is 0.240 e. The highest BCUT2D eigenvalue weighted by atomic mass is 32.2. The Morgan fingerprint density at radius 2 is 1.91 bits per heavy atom. The predicted octanol–water partition coefficient (Wildman–Crippen LogP) is 3.75. The van der Waals surface area contributed by atoms with Gasteiger partial charge in [-0.05, 0) is 49.5 Å². The zero-order valence-corrected chi connectivity index (χ0v) is 14.4. The van der Waals surface area contributed by atoms with Gasteiger partial charge in [0.1, 0.15) is 5.52 Å². The van der Waals surface area contributed by atoms with Gasteiger partial charge in [-0.15, -0.1) is 0 Å². The fraction of sp³-hybridized carbons (Fsp3) is 0.556. The third kappa shape index (κ3) is 3.25. The number of ether oxygens (including phenoxy) is 1. The predicted molar refractivity (Wildman–Crippen MR) is 96.5 cm³/mol. The SMILES string of the molecule is COc1nccc2c(N3CCC(CSC4CC4)CC3)ccnc12. The van der Waals surface area contributed by atoms with E-state index in [0.29, 0.717) is 5.88 Å². The lowest BCUT2D eigenvalue weighted by Crippen LogP contribution is -2.34. The standard InChI is InChI=1S/C18H23N3OS/c1-22-18-17-15(4-8-20-18)16(5-9-19-17)21-10-6-13(7-11-21)12-23-14-2-3-14/h4-5,8-9,13-14H,2-3,6-7,10-12H2,1H3. The molecule has 5 heteroatoms. The summed E-state index contributed by atoms with van der Waals surface area (Å²) in [6.45, 7) is 2.28. The molecule has 0 bridgehead atoms. The normalized spacial score (nSPS) is 19.3. The molecule has 0 radical (unpaired) electrons. The largest absolute Gasteiger partial charge is 0.479 e. The molecule has 2 aromatic rings. The molecular formula is C18H23N3OS. The van der Waals surface area contributed by atoms with Gasteiger partial charge in [-0.1, -0.05) is 0 Å². The Kier molecular flexibility index (Phi) is 4.29. The van der Waals surface area contributed by atoms with E-state index < -0.39 is 0 Å². The fourth-order valence-corrected chi connectivity index (χ4v) is 4.66. The molecule has 122 valence electrons. The molecule has 1 aliphatic carbocycles. The Morgan fingerprint density at radius 1 is 1.13 bits per heavy atom. The Morgan fingerprint density at radius 3 is 2.65 bits per heavy atom. The Bertz CT molecular complexity index is 681. The minimum Gasteiger partial charge on any atom is -0.479 e. The van der Waals surface area contributed by atoms with Crippen molar-refractivity contribution < 1.29 is 4.74 Å². The van der Waals surface area contributed by atoms with Crippen molar-refractivity contribution in [3.05, 3.63) is 24.5 Å². The molecule has 1 aliphatic heterocycles. The Labute approximate surface area is 141 Å². The van der Waals surface area contributed by atoms with Gasteiger partial charge in [0.15, 0.2) is 0 Å². The van der Waals surface area contributed by atoms with Gasteiger partial charge in [-0.2, -0.15) is 11.8 Å². The van der Waals surface area contributed by atoms with Crippen LogP contribution in [0.25, 0.3) is 10.9 Å². The first kappa shape index (κ1) is 15.1. The second-order valence-electron chi connectivity index (χ2n) is 6.51. The average molecular weight is 329 g/mol. The van der Waals surface area contributed by atoms with Crippen LogP contribution < -0.4 is 9.64 Å². The topological polar surface area (TPSA) is 38.2 Å². The smallest absolute Gasteiger partial charge is 0.240 e. The van der Waals surface area contributed by atoms with Crippen molar-refractivity contribution >= 4 is 28.4 Å². The summed E-state index contributed by atoms with van der Waals surface area (Å²) in [6, 6.07) is 4.18. The molecule has 1 saturated carbocycles. The molecule has 4 rings (SSSR count). The van der Waals surface area contributed by atoms with Crippen molar-refractivity contribution in [3.63, 3.8) is 0 Å². The zero-order valence-electron chi connectivity index (χ0n) is 13.6. The van der Waals surface area contributed by atoms with Crippen LogP contribution in [0.3, 0.4) is 0 Å². The highest BCUT2D eigenvalue weighted by molar-refractivity contribution is 8.00. The highest BCUT2D eigenvalue weighted by Gasteiger charge is 2.26. The van der Waals surface area contributed by atoms with Gasteiger partial charge in [-0.25, -0.2) is 4.98 Å². The monoisotopic (exact) mass is 329 g/mol. The van der Waals surface area contributed by atoms with Crippen molar-refractivity contribution in [1.82, 2.24) is 9.97 Å². The number of piperidine rings is 1. The first-order valence-corrected chi connectivity index (χ1v) is 9.54. The Balaban J connectivity index is 1.49. The number of hydrogen-bond acceptors (Lipinski definition) is 5. The van der Waals surface area contributed by atoms with Gasteiger partial charge in [0.2, 0.25) is 5.88 Å². The van der Waals surface area contributed by atoms with Crippen LogP contribution in [0, 0.1) is 5.92 Å². The summed E-state index contributed by atoms with van der Waals surface area (Å²) >= 11 is 2.20. The van der Waals surface area contributed by atoms with Crippen LogP contribution in [0.2, 0.25) is 0 Å². The van der Waals surface area contributed by atoms with E-state index in [1.165, 1.54) is 37.1 Å². The van der Waals surface area contributed by atoms with E-state index >= 15 is 0 Å². The number of rotatable bonds is 5. The summed E-state index contributed by atoms with van der Waals surface area (Å²) in [5.41, 5.74) is 2.13. The fourth-order valence-electron chi connectivity index (χ4n) is 3.31. The molecule has 2 aliphatic rings. The molecule has 0 amide bonds. The highest BCUT2D eigenvalue weighted by Crippen LogP contribution is 2.37. The summed E-state index contributed by atoms with van der Waals surface area (Å²) in [5, 5.41) is 2.13. The first-order chi connectivity index (χ1) is 11.3. The molecule has 0 unspecified atom stereocenters. The first-order valence-electron chi connectivity index (χ1n) is 8.49. The Hall–Kier alpha value is -1.49. The second kappa shape index (κ2) is 6.56. The number of hydrogen-bond donors (Lipinski definition) is 0. The van der Waals surface area contributed by atoms with Crippen LogP contribution in [0.1, 0.15) is 25.7 Å². The quantitative estimate of drug-likeness (QED) is 0.835. The van der Waals surface area contributed by atoms with Crippen molar-refractivity contribution in [2.45, 2.75) is 30.9 Å². The van der Waals surface area contributed by atoms with E-state index in [2.05, 4.69) is 38.8 Å². The number of methoxy groups -OCH3 is 1. The number of thioether (sulfide) groups is 1. The second-order valence-corrected chi connectivity index (χ2v) is 7.84. The van der Waals surface area contributed by atoms with Crippen LogP contribution in [0.15, 0.2) is 24.5 Å². The van der Waals surface area contributed by atoms with E-state index in [4.69, 9.17) is 4.74 Å². The van der Waals surface area contributed by atoms with Gasteiger partial charge in [0.05, 0.1) is 7.11 Å². The molecule has 2 aromatic heterocycles. The van der Waals surface area contributed by atoms with Crippen LogP contribution in [-0.4, -0.2) is 41.2 Å². The molecule has 0 spiro atoms. The van der Waals surface area contributed by atoms with Crippen molar-refractivity contribution in [2.24, 2.45) is 5.92 Å². The van der Waals surface area contributed by atoms with E-state index in [9.17, 15) is 0 Å². The van der Waals surface area contributed by atoms with Crippen molar-refractivity contribution in [1.29, 1.82) is 0 Å². The zero-order chi connectivity index (χ0) is 15.6. The molecular weight excluding hydrogens is 306 g/mol. The number of pyridine rings is 2. The molecule has 0 aromatic carbocycles.